The lowest BCUT2D eigenvalue weighted by Gasteiger charge is -2.34. The van der Waals surface area contributed by atoms with E-state index in [9.17, 15) is 4.79 Å². The summed E-state index contributed by atoms with van der Waals surface area (Å²) in [6, 6.07) is 0. The molecule has 1 unspecified atom stereocenters. The van der Waals surface area contributed by atoms with Crippen LogP contribution in [0.25, 0.3) is 0 Å². The van der Waals surface area contributed by atoms with E-state index in [2.05, 4.69) is 0 Å². The summed E-state index contributed by atoms with van der Waals surface area (Å²) in [6.07, 6.45) is 8.13. The summed E-state index contributed by atoms with van der Waals surface area (Å²) in [6.45, 7) is 1.82. The van der Waals surface area contributed by atoms with Gasteiger partial charge in [-0.1, -0.05) is 32.1 Å². The number of amides is 1. The van der Waals surface area contributed by atoms with E-state index in [0.717, 1.165) is 12.8 Å². The highest BCUT2D eigenvalue weighted by Gasteiger charge is 2.28. The first-order valence-corrected chi connectivity index (χ1v) is 7.32. The van der Waals surface area contributed by atoms with Crippen molar-refractivity contribution in [1.29, 1.82) is 0 Å². The molecule has 2 aliphatic rings. The van der Waals surface area contributed by atoms with Crippen molar-refractivity contribution in [2.75, 3.05) is 26.3 Å². The molecule has 2 rings (SSSR count). The van der Waals surface area contributed by atoms with Gasteiger partial charge in [0.1, 0.15) is 0 Å². The van der Waals surface area contributed by atoms with Gasteiger partial charge in [-0.15, -0.1) is 0 Å². The van der Waals surface area contributed by atoms with Gasteiger partial charge in [-0.3, -0.25) is 4.79 Å². The third kappa shape index (κ3) is 3.69. The average Bonchev–Trinajstić information content (AvgIpc) is 2.38. The lowest BCUT2D eigenvalue weighted by molar-refractivity contribution is -0.145. The highest BCUT2D eigenvalue weighted by Crippen LogP contribution is 2.24. The largest absolute Gasteiger partial charge is 0.394 e. The Hall–Kier alpha value is -0.610. The number of aliphatic hydroxyl groups is 1. The predicted octanol–water partition coefficient (Wildman–Crippen LogP) is 1.57. The van der Waals surface area contributed by atoms with Gasteiger partial charge < -0.3 is 14.7 Å². The fourth-order valence-corrected chi connectivity index (χ4v) is 2.99. The number of nitrogens with zero attached hydrogens (tertiary/aromatic N) is 1. The van der Waals surface area contributed by atoms with Gasteiger partial charge in [0.15, 0.2) is 0 Å². The minimum Gasteiger partial charge on any atom is -0.394 e. The Bertz CT molecular complexity index is 258. The van der Waals surface area contributed by atoms with E-state index in [1.54, 1.807) is 0 Å². The van der Waals surface area contributed by atoms with Crippen molar-refractivity contribution in [3.8, 4) is 0 Å². The number of rotatable bonds is 2. The SMILES string of the molecule is O=C(C1CCCCCCC1)N1CCOC(CO)C1. The zero-order valence-corrected chi connectivity index (χ0v) is 11.1. The van der Waals surface area contributed by atoms with Crippen molar-refractivity contribution in [2.24, 2.45) is 5.92 Å². The standard InChI is InChI=1S/C14H25NO3/c16-11-13-10-15(8-9-18-13)14(17)12-6-4-2-1-3-5-7-12/h12-13,16H,1-11H2. The molecular weight excluding hydrogens is 230 g/mol. The number of hydrogen-bond donors (Lipinski definition) is 1. The first-order chi connectivity index (χ1) is 8.81. The minimum absolute atomic E-state index is 0.00838. The molecular formula is C14H25NO3. The van der Waals surface area contributed by atoms with Crippen LogP contribution in [0.5, 0.6) is 0 Å². The smallest absolute Gasteiger partial charge is 0.225 e. The molecule has 0 bridgehead atoms. The molecule has 0 aromatic rings. The molecule has 1 atom stereocenters. The van der Waals surface area contributed by atoms with E-state index < -0.39 is 0 Å². The first-order valence-electron chi connectivity index (χ1n) is 7.32. The van der Waals surface area contributed by atoms with Crippen LogP contribution in [0.2, 0.25) is 0 Å². The minimum atomic E-state index is -0.184. The van der Waals surface area contributed by atoms with Crippen LogP contribution in [-0.4, -0.2) is 48.3 Å². The number of hydrogen-bond acceptors (Lipinski definition) is 3. The fourth-order valence-electron chi connectivity index (χ4n) is 2.99. The molecule has 1 heterocycles. The summed E-state index contributed by atoms with van der Waals surface area (Å²) >= 11 is 0. The highest BCUT2D eigenvalue weighted by atomic mass is 16.5. The molecule has 4 heteroatoms. The van der Waals surface area contributed by atoms with Crippen LogP contribution < -0.4 is 0 Å². The first kappa shape index (κ1) is 13.8. The highest BCUT2D eigenvalue weighted by molar-refractivity contribution is 5.79. The third-order valence-electron chi connectivity index (χ3n) is 4.11. The van der Waals surface area contributed by atoms with Crippen LogP contribution in [0, 0.1) is 5.92 Å². The van der Waals surface area contributed by atoms with Crippen LogP contribution in [0.4, 0.5) is 0 Å². The van der Waals surface area contributed by atoms with Crippen molar-refractivity contribution in [3.63, 3.8) is 0 Å². The Balaban J connectivity index is 1.87. The lowest BCUT2D eigenvalue weighted by atomic mass is 9.90. The van der Waals surface area contributed by atoms with Crippen LogP contribution in [0.15, 0.2) is 0 Å². The van der Waals surface area contributed by atoms with E-state index in [4.69, 9.17) is 9.84 Å². The van der Waals surface area contributed by atoms with Crippen molar-refractivity contribution >= 4 is 5.91 Å². The zero-order valence-electron chi connectivity index (χ0n) is 11.1. The number of carbonyl (C=O) groups is 1. The Morgan fingerprint density at radius 3 is 2.50 bits per heavy atom. The van der Waals surface area contributed by atoms with E-state index in [-0.39, 0.29) is 18.6 Å². The maximum Gasteiger partial charge on any atom is 0.225 e. The average molecular weight is 255 g/mol. The third-order valence-corrected chi connectivity index (χ3v) is 4.11. The van der Waals surface area contributed by atoms with E-state index in [0.29, 0.717) is 25.6 Å². The molecule has 4 nitrogen and oxygen atoms in total. The van der Waals surface area contributed by atoms with Crippen molar-refractivity contribution in [1.82, 2.24) is 4.90 Å². The molecule has 0 aromatic heterocycles. The molecule has 0 radical (unpaired) electrons. The molecule has 0 aromatic carbocycles. The topological polar surface area (TPSA) is 49.8 Å². The molecule has 1 aliphatic heterocycles. The quantitative estimate of drug-likeness (QED) is 0.815. The normalized spacial score (nSPS) is 27.6. The van der Waals surface area contributed by atoms with Gasteiger partial charge in [0.2, 0.25) is 5.91 Å². The van der Waals surface area contributed by atoms with Gasteiger partial charge in [-0.25, -0.2) is 0 Å². The van der Waals surface area contributed by atoms with Crippen LogP contribution in [-0.2, 0) is 9.53 Å². The molecule has 1 amide bonds. The Kier molecular flexibility index (Phi) is 5.45. The van der Waals surface area contributed by atoms with Crippen LogP contribution >= 0.6 is 0 Å². The molecule has 1 saturated carbocycles. The zero-order chi connectivity index (χ0) is 12.8. The summed E-state index contributed by atoms with van der Waals surface area (Å²) in [7, 11) is 0. The number of morpholine rings is 1. The van der Waals surface area contributed by atoms with Crippen molar-refractivity contribution < 1.29 is 14.6 Å². The van der Waals surface area contributed by atoms with Gasteiger partial charge in [0.05, 0.1) is 19.3 Å². The summed E-state index contributed by atoms with van der Waals surface area (Å²) in [5.74, 6) is 0.501. The molecule has 104 valence electrons. The molecule has 0 spiro atoms. The van der Waals surface area contributed by atoms with Gasteiger partial charge >= 0.3 is 0 Å². The Morgan fingerprint density at radius 1 is 1.17 bits per heavy atom. The van der Waals surface area contributed by atoms with Gasteiger partial charge in [0.25, 0.3) is 0 Å². The number of ether oxygens (including phenoxy) is 1. The Labute approximate surface area is 109 Å². The van der Waals surface area contributed by atoms with E-state index in [1.165, 1.54) is 32.1 Å². The van der Waals surface area contributed by atoms with Crippen molar-refractivity contribution in [3.05, 3.63) is 0 Å². The molecule has 2 fully saturated rings. The summed E-state index contributed by atoms with van der Waals surface area (Å²) < 4.78 is 5.40. The summed E-state index contributed by atoms with van der Waals surface area (Å²) in [4.78, 5) is 14.4. The molecule has 1 aliphatic carbocycles. The van der Waals surface area contributed by atoms with Crippen LogP contribution in [0.3, 0.4) is 0 Å². The predicted molar refractivity (Wildman–Crippen MR) is 69.2 cm³/mol. The second kappa shape index (κ2) is 7.10. The van der Waals surface area contributed by atoms with E-state index >= 15 is 0 Å². The molecule has 1 N–H and O–H groups in total. The molecule has 1 saturated heterocycles. The van der Waals surface area contributed by atoms with Gasteiger partial charge in [0, 0.05) is 19.0 Å². The maximum atomic E-state index is 12.5. The van der Waals surface area contributed by atoms with Gasteiger partial charge in [-0.2, -0.15) is 0 Å². The van der Waals surface area contributed by atoms with Gasteiger partial charge in [-0.05, 0) is 12.8 Å². The summed E-state index contributed by atoms with van der Waals surface area (Å²) in [5.41, 5.74) is 0. The maximum absolute atomic E-state index is 12.5. The Morgan fingerprint density at radius 2 is 1.83 bits per heavy atom. The fraction of sp³-hybridized carbons (Fsp3) is 0.929. The summed E-state index contributed by atoms with van der Waals surface area (Å²) in [5, 5.41) is 9.12. The number of carbonyl (C=O) groups excluding carboxylic acids is 1. The van der Waals surface area contributed by atoms with E-state index in [1.807, 2.05) is 4.90 Å². The van der Waals surface area contributed by atoms with Crippen molar-refractivity contribution in [2.45, 2.75) is 51.0 Å². The molecule has 18 heavy (non-hydrogen) atoms. The second-order valence-corrected chi connectivity index (χ2v) is 5.50. The van der Waals surface area contributed by atoms with Crippen LogP contribution in [0.1, 0.15) is 44.9 Å². The lowest BCUT2D eigenvalue weighted by Crippen LogP contribution is -2.49. The monoisotopic (exact) mass is 255 g/mol. The second-order valence-electron chi connectivity index (χ2n) is 5.50. The number of aliphatic hydroxyl groups excluding tert-OH is 1.